The fraction of sp³-hybridized carbons (Fsp3) is 0.636. The Labute approximate surface area is 191 Å². The molecule has 3 N–H and O–H groups in total. The average molecular weight is 514 g/mol. The van der Waals surface area contributed by atoms with Crippen molar-refractivity contribution >= 4 is 35.8 Å². The topological polar surface area (TPSA) is 74.8 Å². The van der Waals surface area contributed by atoms with Crippen molar-refractivity contribution in [2.45, 2.75) is 64.5 Å². The second kappa shape index (κ2) is 11.0. The van der Waals surface area contributed by atoms with E-state index in [1.165, 1.54) is 18.4 Å². The maximum absolute atomic E-state index is 11.7. The molecule has 0 aromatic heterocycles. The summed E-state index contributed by atoms with van der Waals surface area (Å²) in [6.45, 7) is 7.73. The van der Waals surface area contributed by atoms with Gasteiger partial charge in [-0.25, -0.2) is 0 Å². The van der Waals surface area contributed by atoms with Gasteiger partial charge in [-0.15, -0.1) is 24.0 Å². The summed E-state index contributed by atoms with van der Waals surface area (Å²) in [5.41, 5.74) is 1.15. The molecule has 3 rings (SSSR count). The Morgan fingerprint density at radius 1 is 1.24 bits per heavy atom. The summed E-state index contributed by atoms with van der Waals surface area (Å²) in [4.78, 5) is 16.4. The number of fused-ring (bicyclic) bond motifs is 1. The maximum atomic E-state index is 11.7. The van der Waals surface area contributed by atoms with E-state index >= 15 is 0 Å². The Morgan fingerprint density at radius 3 is 2.66 bits per heavy atom. The normalized spacial score (nSPS) is 19.9. The zero-order valence-corrected chi connectivity index (χ0v) is 20.1. The predicted octanol–water partition coefficient (Wildman–Crippen LogP) is 3.77. The molecular weight excluding hydrogens is 479 g/mol. The third-order valence-corrected chi connectivity index (χ3v) is 5.57. The number of ether oxygens (including phenoxy) is 1. The number of rotatable bonds is 6. The molecule has 1 aliphatic carbocycles. The van der Waals surface area contributed by atoms with Crippen molar-refractivity contribution in [2.24, 2.45) is 10.9 Å². The number of hydrogen-bond acceptors (Lipinski definition) is 3. The lowest BCUT2D eigenvalue weighted by atomic mass is 9.86. The first-order chi connectivity index (χ1) is 13.5. The van der Waals surface area contributed by atoms with E-state index in [0.717, 1.165) is 37.5 Å². The Bertz CT molecular complexity index is 702. The first kappa shape index (κ1) is 23.8. The van der Waals surface area contributed by atoms with E-state index < -0.39 is 0 Å². The molecule has 1 amide bonds. The second-order valence-electron chi connectivity index (χ2n) is 8.14. The Hall–Kier alpha value is -1.51. The predicted molar refractivity (Wildman–Crippen MR) is 128 cm³/mol. The summed E-state index contributed by atoms with van der Waals surface area (Å²) < 4.78 is 6.45. The molecular formula is C22H35IN4O2. The van der Waals surface area contributed by atoms with Gasteiger partial charge in [0.2, 0.25) is 5.91 Å². The van der Waals surface area contributed by atoms with Crippen molar-refractivity contribution in [3.8, 4) is 5.75 Å². The standard InChI is InChI=1S/C22H34N4O2.HI/c1-4-23-21(25-14-13-24-20(27)16(2)3)26-18-15-22(11-7-8-12-22)28-19-10-6-5-9-17(18)19;/h5-6,9-10,16,18H,4,7-8,11-15H2,1-3H3,(H,24,27)(H2,23,25,26);1H. The van der Waals surface area contributed by atoms with Gasteiger partial charge in [-0.1, -0.05) is 32.0 Å². The van der Waals surface area contributed by atoms with Crippen molar-refractivity contribution < 1.29 is 9.53 Å². The molecule has 6 nitrogen and oxygen atoms in total. The second-order valence-corrected chi connectivity index (χ2v) is 8.14. The van der Waals surface area contributed by atoms with E-state index in [1.807, 2.05) is 19.9 Å². The number of benzene rings is 1. The number of carbonyl (C=O) groups excluding carboxylic acids is 1. The highest BCUT2D eigenvalue weighted by Gasteiger charge is 2.43. The highest BCUT2D eigenvalue weighted by atomic mass is 127. The minimum absolute atomic E-state index is 0. The van der Waals surface area contributed by atoms with Crippen LogP contribution in [0, 0.1) is 5.92 Å². The van der Waals surface area contributed by atoms with Crippen molar-refractivity contribution in [2.75, 3.05) is 19.6 Å². The summed E-state index contributed by atoms with van der Waals surface area (Å²) in [6, 6.07) is 8.50. The van der Waals surface area contributed by atoms with E-state index in [-0.39, 0.29) is 47.4 Å². The molecule has 0 saturated heterocycles. The number of halogens is 1. The summed E-state index contributed by atoms with van der Waals surface area (Å²) in [5, 5.41) is 9.87. The Balaban J connectivity index is 0.00000300. The number of amides is 1. The number of nitrogens with zero attached hydrogens (tertiary/aromatic N) is 1. The molecule has 1 spiro atoms. The summed E-state index contributed by atoms with van der Waals surface area (Å²) in [5.74, 6) is 1.84. The van der Waals surface area contributed by atoms with Gasteiger partial charge in [0.25, 0.3) is 0 Å². The zero-order chi connectivity index (χ0) is 20.0. The SMILES string of the molecule is CCNC(=NCCNC(=O)C(C)C)NC1CC2(CCCC2)Oc2ccccc21.I. The van der Waals surface area contributed by atoms with Crippen molar-refractivity contribution in [1.82, 2.24) is 16.0 Å². The summed E-state index contributed by atoms with van der Waals surface area (Å²) in [7, 11) is 0. The van der Waals surface area contributed by atoms with Crippen LogP contribution in [0.1, 0.15) is 64.5 Å². The van der Waals surface area contributed by atoms with Crippen LogP contribution < -0.4 is 20.7 Å². The van der Waals surface area contributed by atoms with Crippen molar-refractivity contribution in [1.29, 1.82) is 0 Å². The van der Waals surface area contributed by atoms with Crippen molar-refractivity contribution in [3.63, 3.8) is 0 Å². The molecule has 29 heavy (non-hydrogen) atoms. The molecule has 1 aliphatic heterocycles. The van der Waals surface area contributed by atoms with Crippen LogP contribution in [0.25, 0.3) is 0 Å². The van der Waals surface area contributed by atoms with Gasteiger partial charge >= 0.3 is 0 Å². The third kappa shape index (κ3) is 6.23. The molecule has 0 bridgehead atoms. The van der Waals surface area contributed by atoms with E-state index in [0.29, 0.717) is 13.1 Å². The van der Waals surface area contributed by atoms with E-state index in [4.69, 9.17) is 4.74 Å². The van der Waals surface area contributed by atoms with Gasteiger partial charge in [0, 0.05) is 31.0 Å². The van der Waals surface area contributed by atoms with Crippen LogP contribution in [0.15, 0.2) is 29.3 Å². The zero-order valence-electron chi connectivity index (χ0n) is 17.8. The lowest BCUT2D eigenvalue weighted by Crippen LogP contribution is -2.46. The molecule has 162 valence electrons. The van der Waals surface area contributed by atoms with E-state index in [9.17, 15) is 4.79 Å². The molecule has 1 fully saturated rings. The highest BCUT2D eigenvalue weighted by Crippen LogP contribution is 2.46. The number of para-hydroxylation sites is 1. The Morgan fingerprint density at radius 2 is 1.97 bits per heavy atom. The smallest absolute Gasteiger partial charge is 0.222 e. The van der Waals surface area contributed by atoms with Crippen LogP contribution in [0.5, 0.6) is 5.75 Å². The van der Waals surface area contributed by atoms with Gasteiger partial charge in [-0.2, -0.15) is 0 Å². The van der Waals surface area contributed by atoms with Gasteiger partial charge in [-0.05, 0) is 38.7 Å². The fourth-order valence-electron chi connectivity index (χ4n) is 4.11. The molecule has 1 heterocycles. The highest BCUT2D eigenvalue weighted by molar-refractivity contribution is 14.0. The monoisotopic (exact) mass is 514 g/mol. The number of guanidine groups is 1. The largest absolute Gasteiger partial charge is 0.487 e. The van der Waals surface area contributed by atoms with E-state index in [2.05, 4.69) is 46.1 Å². The number of aliphatic imine (C=N–C) groups is 1. The number of hydrogen-bond donors (Lipinski definition) is 3. The fourth-order valence-corrected chi connectivity index (χ4v) is 4.11. The third-order valence-electron chi connectivity index (χ3n) is 5.57. The molecule has 2 aliphatic rings. The average Bonchev–Trinajstić information content (AvgIpc) is 3.12. The lowest BCUT2D eigenvalue weighted by Gasteiger charge is -2.40. The minimum atomic E-state index is -0.0470. The van der Waals surface area contributed by atoms with Crippen LogP contribution >= 0.6 is 24.0 Å². The Kier molecular flexibility index (Phi) is 9.04. The van der Waals surface area contributed by atoms with Gasteiger partial charge in [0.15, 0.2) is 5.96 Å². The van der Waals surface area contributed by atoms with Crippen molar-refractivity contribution in [3.05, 3.63) is 29.8 Å². The molecule has 0 radical (unpaired) electrons. The number of nitrogens with one attached hydrogen (secondary N) is 3. The van der Waals surface area contributed by atoms with Crippen LogP contribution in [-0.4, -0.2) is 37.1 Å². The molecule has 1 saturated carbocycles. The quantitative estimate of drug-likeness (QED) is 0.234. The summed E-state index contributed by atoms with van der Waals surface area (Å²) in [6.07, 6.45) is 5.67. The molecule has 1 aromatic rings. The van der Waals surface area contributed by atoms with Gasteiger partial charge in [-0.3, -0.25) is 9.79 Å². The van der Waals surface area contributed by atoms with Gasteiger partial charge in [0.05, 0.1) is 12.6 Å². The van der Waals surface area contributed by atoms with Crippen LogP contribution in [0.2, 0.25) is 0 Å². The lowest BCUT2D eigenvalue weighted by molar-refractivity contribution is -0.123. The first-order valence-electron chi connectivity index (χ1n) is 10.6. The summed E-state index contributed by atoms with van der Waals surface area (Å²) >= 11 is 0. The molecule has 1 atom stereocenters. The molecule has 1 unspecified atom stereocenters. The van der Waals surface area contributed by atoms with Gasteiger partial charge < -0.3 is 20.7 Å². The molecule has 7 heteroatoms. The molecule has 1 aromatic carbocycles. The first-order valence-corrected chi connectivity index (χ1v) is 10.6. The number of carbonyl (C=O) groups is 1. The maximum Gasteiger partial charge on any atom is 0.222 e. The van der Waals surface area contributed by atoms with Crippen LogP contribution in [0.4, 0.5) is 0 Å². The van der Waals surface area contributed by atoms with Crippen LogP contribution in [-0.2, 0) is 4.79 Å². The van der Waals surface area contributed by atoms with Crippen LogP contribution in [0.3, 0.4) is 0 Å². The minimum Gasteiger partial charge on any atom is -0.487 e. The van der Waals surface area contributed by atoms with Gasteiger partial charge in [0.1, 0.15) is 11.4 Å². The van der Waals surface area contributed by atoms with E-state index in [1.54, 1.807) is 0 Å².